The fourth-order valence-electron chi connectivity index (χ4n) is 2.72. The van der Waals surface area contributed by atoms with Crippen LogP contribution in [0.3, 0.4) is 0 Å². The first-order valence-electron chi connectivity index (χ1n) is 8.29. The molecule has 23 heavy (non-hydrogen) atoms. The van der Waals surface area contributed by atoms with Gasteiger partial charge in [-0.3, -0.25) is 4.99 Å². The Hall–Kier alpha value is -0.900. The van der Waals surface area contributed by atoms with Crippen LogP contribution >= 0.6 is 24.0 Å². The van der Waals surface area contributed by atoms with Crippen LogP contribution in [0, 0.1) is 0 Å². The van der Waals surface area contributed by atoms with E-state index in [-0.39, 0.29) is 24.0 Å². The molecule has 0 spiro atoms. The summed E-state index contributed by atoms with van der Waals surface area (Å²) in [4.78, 5) is 6.83. The first-order chi connectivity index (χ1) is 10.8. The highest BCUT2D eigenvalue weighted by molar-refractivity contribution is 14.0. The maximum atomic E-state index is 4.24. The molecule has 1 aromatic heterocycles. The van der Waals surface area contributed by atoms with Gasteiger partial charge in [-0.25, -0.2) is 0 Å². The summed E-state index contributed by atoms with van der Waals surface area (Å²) in [5.74, 6) is 1.71. The number of nitrogens with one attached hydrogen (secondary N) is 2. The van der Waals surface area contributed by atoms with Gasteiger partial charge in [-0.05, 0) is 38.9 Å². The largest absolute Gasteiger partial charge is 0.356 e. The highest BCUT2D eigenvalue weighted by atomic mass is 127. The summed E-state index contributed by atoms with van der Waals surface area (Å²) in [7, 11) is 3.73. The van der Waals surface area contributed by atoms with E-state index in [9.17, 15) is 0 Å². The summed E-state index contributed by atoms with van der Waals surface area (Å²) in [6, 6.07) is 0. The van der Waals surface area contributed by atoms with Crippen LogP contribution in [0.5, 0.6) is 0 Å². The van der Waals surface area contributed by atoms with Crippen LogP contribution in [0.15, 0.2) is 11.3 Å². The standard InChI is InChI=1S/C15H29N7.HI/c1-16-15(18-12-14-20-19-13-21(14)2)17-8-7-11-22-9-5-3-4-6-10-22;/h13H,3-12H2,1-2H3,(H2,16,17,18);1H. The van der Waals surface area contributed by atoms with Gasteiger partial charge in [0.25, 0.3) is 0 Å². The highest BCUT2D eigenvalue weighted by Gasteiger charge is 2.08. The molecule has 2 N–H and O–H groups in total. The third kappa shape index (κ3) is 7.47. The first-order valence-corrected chi connectivity index (χ1v) is 8.29. The fourth-order valence-corrected chi connectivity index (χ4v) is 2.72. The average Bonchev–Trinajstić information content (AvgIpc) is 2.77. The Morgan fingerprint density at radius 2 is 1.96 bits per heavy atom. The van der Waals surface area contributed by atoms with Crippen molar-refractivity contribution in [2.45, 2.75) is 38.6 Å². The second kappa shape index (κ2) is 11.6. The fraction of sp³-hybridized carbons (Fsp3) is 0.800. The first kappa shape index (κ1) is 20.1. The van der Waals surface area contributed by atoms with Gasteiger partial charge >= 0.3 is 0 Å². The van der Waals surface area contributed by atoms with Crippen LogP contribution in [-0.4, -0.2) is 58.9 Å². The van der Waals surface area contributed by atoms with Gasteiger partial charge in [0.1, 0.15) is 6.33 Å². The van der Waals surface area contributed by atoms with E-state index < -0.39 is 0 Å². The van der Waals surface area contributed by atoms with Crippen LogP contribution in [0.2, 0.25) is 0 Å². The van der Waals surface area contributed by atoms with Gasteiger partial charge in [0.15, 0.2) is 11.8 Å². The molecule has 0 unspecified atom stereocenters. The van der Waals surface area contributed by atoms with Crippen molar-refractivity contribution < 1.29 is 0 Å². The monoisotopic (exact) mass is 435 g/mol. The number of halogens is 1. The Labute approximate surface area is 156 Å². The minimum Gasteiger partial charge on any atom is -0.356 e. The highest BCUT2D eigenvalue weighted by Crippen LogP contribution is 2.09. The number of hydrogen-bond acceptors (Lipinski definition) is 4. The number of nitrogens with zero attached hydrogens (tertiary/aromatic N) is 5. The third-order valence-electron chi connectivity index (χ3n) is 4.08. The maximum absolute atomic E-state index is 4.24. The Morgan fingerprint density at radius 3 is 2.57 bits per heavy atom. The van der Waals surface area contributed by atoms with Crippen molar-refractivity contribution in [3.63, 3.8) is 0 Å². The van der Waals surface area contributed by atoms with Gasteiger partial charge in [-0.2, -0.15) is 0 Å². The van der Waals surface area contributed by atoms with Crippen LogP contribution in [0.4, 0.5) is 0 Å². The summed E-state index contributed by atoms with van der Waals surface area (Å²) in [6.45, 7) is 5.27. The Morgan fingerprint density at radius 1 is 1.22 bits per heavy atom. The molecule has 1 fully saturated rings. The number of guanidine groups is 1. The molecule has 1 aliphatic heterocycles. The summed E-state index contributed by atoms with van der Waals surface area (Å²) >= 11 is 0. The van der Waals surface area contributed by atoms with Crippen molar-refractivity contribution >= 4 is 29.9 Å². The zero-order valence-electron chi connectivity index (χ0n) is 14.3. The number of hydrogen-bond donors (Lipinski definition) is 2. The molecule has 0 aliphatic carbocycles. The van der Waals surface area contributed by atoms with Crippen LogP contribution in [0.25, 0.3) is 0 Å². The average molecular weight is 435 g/mol. The Balaban J connectivity index is 0.00000264. The smallest absolute Gasteiger partial charge is 0.191 e. The van der Waals surface area contributed by atoms with Gasteiger partial charge in [-0.15, -0.1) is 34.2 Å². The molecule has 132 valence electrons. The molecular formula is C15H30IN7. The van der Waals surface area contributed by atoms with Crippen molar-refractivity contribution in [1.29, 1.82) is 0 Å². The van der Waals surface area contributed by atoms with Gasteiger partial charge in [0.05, 0.1) is 6.54 Å². The third-order valence-corrected chi connectivity index (χ3v) is 4.08. The van der Waals surface area contributed by atoms with E-state index >= 15 is 0 Å². The summed E-state index contributed by atoms with van der Waals surface area (Å²) in [6.07, 6.45) is 8.35. The molecule has 0 bridgehead atoms. The molecule has 1 aliphatic rings. The van der Waals surface area contributed by atoms with E-state index in [0.29, 0.717) is 6.54 Å². The number of likely N-dealkylation sites (tertiary alicyclic amines) is 1. The number of aromatic nitrogens is 3. The lowest BCUT2D eigenvalue weighted by molar-refractivity contribution is 0.282. The zero-order chi connectivity index (χ0) is 15.6. The number of aliphatic imine (C=N–C) groups is 1. The van der Waals surface area contributed by atoms with Gasteiger partial charge in [0, 0.05) is 20.6 Å². The molecule has 0 amide bonds. The lowest BCUT2D eigenvalue weighted by atomic mass is 10.2. The van der Waals surface area contributed by atoms with Crippen molar-refractivity contribution in [2.24, 2.45) is 12.0 Å². The molecular weight excluding hydrogens is 405 g/mol. The number of rotatable bonds is 6. The SMILES string of the molecule is CN=C(NCCCN1CCCCCC1)NCc1nncn1C.I. The van der Waals surface area contributed by atoms with Crippen LogP contribution in [-0.2, 0) is 13.6 Å². The maximum Gasteiger partial charge on any atom is 0.191 e. The van der Waals surface area contributed by atoms with E-state index in [1.807, 2.05) is 11.6 Å². The number of aryl methyl sites for hydroxylation is 1. The lowest BCUT2D eigenvalue weighted by Gasteiger charge is -2.20. The molecule has 0 saturated carbocycles. The van der Waals surface area contributed by atoms with E-state index in [0.717, 1.165) is 24.7 Å². The van der Waals surface area contributed by atoms with Crippen molar-refractivity contribution in [2.75, 3.05) is 33.2 Å². The second-order valence-corrected chi connectivity index (χ2v) is 5.82. The van der Waals surface area contributed by atoms with Crippen LogP contribution < -0.4 is 10.6 Å². The predicted molar refractivity (Wildman–Crippen MR) is 104 cm³/mol. The van der Waals surface area contributed by atoms with Gasteiger partial charge in [-0.1, -0.05) is 12.8 Å². The minimum atomic E-state index is 0. The lowest BCUT2D eigenvalue weighted by Crippen LogP contribution is -2.39. The summed E-state index contributed by atoms with van der Waals surface area (Å²) < 4.78 is 1.90. The predicted octanol–water partition coefficient (Wildman–Crippen LogP) is 1.36. The second-order valence-electron chi connectivity index (χ2n) is 5.82. The van der Waals surface area contributed by atoms with Crippen molar-refractivity contribution in [3.8, 4) is 0 Å². The quantitative estimate of drug-likeness (QED) is 0.306. The van der Waals surface area contributed by atoms with E-state index in [2.05, 4.69) is 30.7 Å². The molecule has 1 aromatic rings. The molecule has 2 rings (SSSR count). The van der Waals surface area contributed by atoms with E-state index in [1.165, 1.54) is 45.3 Å². The zero-order valence-corrected chi connectivity index (χ0v) is 16.6. The Bertz CT molecular complexity index is 452. The van der Waals surface area contributed by atoms with Crippen molar-refractivity contribution in [1.82, 2.24) is 30.3 Å². The molecule has 0 atom stereocenters. The van der Waals surface area contributed by atoms with E-state index in [1.54, 1.807) is 13.4 Å². The summed E-state index contributed by atoms with van der Waals surface area (Å²) in [5.41, 5.74) is 0. The molecule has 0 aromatic carbocycles. The van der Waals surface area contributed by atoms with Crippen molar-refractivity contribution in [3.05, 3.63) is 12.2 Å². The Kier molecular flexibility index (Phi) is 10.2. The van der Waals surface area contributed by atoms with E-state index in [4.69, 9.17) is 0 Å². The van der Waals surface area contributed by atoms with Gasteiger partial charge in [0.2, 0.25) is 0 Å². The molecule has 1 saturated heterocycles. The van der Waals surface area contributed by atoms with Gasteiger partial charge < -0.3 is 20.1 Å². The summed E-state index contributed by atoms with van der Waals surface area (Å²) in [5, 5.41) is 14.5. The molecule has 8 heteroatoms. The molecule has 0 radical (unpaired) electrons. The topological polar surface area (TPSA) is 70.4 Å². The normalized spacial score (nSPS) is 16.5. The minimum absolute atomic E-state index is 0. The molecule has 7 nitrogen and oxygen atoms in total. The molecule has 2 heterocycles. The van der Waals surface area contributed by atoms with Crippen LogP contribution in [0.1, 0.15) is 37.9 Å².